The van der Waals surface area contributed by atoms with E-state index < -0.39 is 36.0 Å². The third kappa shape index (κ3) is 6.81. The first-order chi connectivity index (χ1) is 12.7. The first-order valence-electron chi connectivity index (χ1n) is 7.56. The Bertz CT molecular complexity index is 850. The van der Waals surface area contributed by atoms with E-state index in [1.165, 1.54) is 36.4 Å². The molecule has 0 saturated carbocycles. The van der Waals surface area contributed by atoms with Gasteiger partial charge in [-0.05, 0) is 35.9 Å². The molecule has 0 aliphatic carbocycles. The lowest BCUT2D eigenvalue weighted by molar-refractivity contribution is -0.137. The molecule has 0 aromatic heterocycles. The van der Waals surface area contributed by atoms with Crippen molar-refractivity contribution in [2.75, 3.05) is 6.61 Å². The monoisotopic (exact) mass is 382 g/mol. The molecule has 2 rings (SSSR count). The molecule has 0 aliphatic heterocycles. The average Bonchev–Trinajstić information content (AvgIpc) is 2.62. The smallest absolute Gasteiger partial charge is 0.416 e. The molecule has 2 amide bonds. The predicted molar refractivity (Wildman–Crippen MR) is 88.7 cm³/mol. The second kappa shape index (κ2) is 8.84. The highest BCUT2D eigenvalue weighted by molar-refractivity contribution is 5.93. The van der Waals surface area contributed by atoms with Gasteiger partial charge in [0.05, 0.1) is 5.56 Å². The summed E-state index contributed by atoms with van der Waals surface area (Å²) in [6, 6.07) is 9.56. The highest BCUT2D eigenvalue weighted by atomic mass is 19.4. The Balaban J connectivity index is 1.80. The van der Waals surface area contributed by atoms with Crippen LogP contribution in [0.25, 0.3) is 6.08 Å². The van der Waals surface area contributed by atoms with Crippen LogP contribution in [0, 0.1) is 5.82 Å². The lowest BCUT2D eigenvalue weighted by Crippen LogP contribution is -2.43. The molecular formula is C18H14F4N2O3. The maximum atomic E-state index is 13.0. The summed E-state index contributed by atoms with van der Waals surface area (Å²) in [4.78, 5) is 23.1. The zero-order valence-electron chi connectivity index (χ0n) is 13.7. The average molecular weight is 382 g/mol. The van der Waals surface area contributed by atoms with Crippen molar-refractivity contribution in [3.05, 3.63) is 71.6 Å². The molecule has 2 aromatic rings. The molecule has 0 saturated heterocycles. The number of amides is 2. The van der Waals surface area contributed by atoms with Crippen LogP contribution in [0.1, 0.15) is 11.1 Å². The maximum absolute atomic E-state index is 13.0. The van der Waals surface area contributed by atoms with Crippen LogP contribution < -0.4 is 15.6 Å². The van der Waals surface area contributed by atoms with Gasteiger partial charge in [0.25, 0.3) is 11.8 Å². The van der Waals surface area contributed by atoms with Crippen LogP contribution in [0.5, 0.6) is 5.75 Å². The molecule has 0 radical (unpaired) electrons. The van der Waals surface area contributed by atoms with Gasteiger partial charge in [0.1, 0.15) is 11.6 Å². The summed E-state index contributed by atoms with van der Waals surface area (Å²) < 4.78 is 55.8. The first-order valence-corrected chi connectivity index (χ1v) is 7.56. The van der Waals surface area contributed by atoms with E-state index in [0.717, 1.165) is 24.3 Å². The third-order valence-electron chi connectivity index (χ3n) is 3.13. The lowest BCUT2D eigenvalue weighted by atomic mass is 10.1. The number of nitrogens with one attached hydrogen (secondary N) is 2. The summed E-state index contributed by atoms with van der Waals surface area (Å²) in [6.07, 6.45) is -2.36. The van der Waals surface area contributed by atoms with E-state index in [4.69, 9.17) is 4.74 Å². The van der Waals surface area contributed by atoms with Crippen LogP contribution in [0.3, 0.4) is 0 Å². The fourth-order valence-corrected chi connectivity index (χ4v) is 1.91. The largest absolute Gasteiger partial charge is 0.484 e. The van der Waals surface area contributed by atoms with Crippen molar-refractivity contribution < 1.29 is 31.9 Å². The Morgan fingerprint density at radius 1 is 1.04 bits per heavy atom. The number of hydrogen-bond donors (Lipinski definition) is 2. The number of hydrazine groups is 1. The van der Waals surface area contributed by atoms with Gasteiger partial charge in [-0.15, -0.1) is 0 Å². The first kappa shape index (κ1) is 20.0. The lowest BCUT2D eigenvalue weighted by Gasteiger charge is -2.08. The van der Waals surface area contributed by atoms with Gasteiger partial charge in [-0.3, -0.25) is 20.4 Å². The van der Waals surface area contributed by atoms with Crippen molar-refractivity contribution in [3.63, 3.8) is 0 Å². The molecule has 2 N–H and O–H groups in total. The van der Waals surface area contributed by atoms with E-state index in [1.54, 1.807) is 0 Å². The number of ether oxygens (including phenoxy) is 1. The topological polar surface area (TPSA) is 67.4 Å². The van der Waals surface area contributed by atoms with Crippen LogP contribution >= 0.6 is 0 Å². The minimum atomic E-state index is -4.48. The highest BCUT2D eigenvalue weighted by Gasteiger charge is 2.30. The number of hydrogen-bond acceptors (Lipinski definition) is 3. The second-order valence-electron chi connectivity index (χ2n) is 5.24. The van der Waals surface area contributed by atoms with Crippen molar-refractivity contribution in [2.24, 2.45) is 0 Å². The quantitative estimate of drug-likeness (QED) is 0.475. The van der Waals surface area contributed by atoms with Crippen LogP contribution in [0.2, 0.25) is 0 Å². The SMILES string of the molecule is O=C(C=Cc1cccc(C(F)(F)F)c1)NNC(=O)COc1cccc(F)c1. The summed E-state index contributed by atoms with van der Waals surface area (Å²) >= 11 is 0. The number of carbonyl (C=O) groups excluding carboxylic acids is 2. The van der Waals surface area contributed by atoms with Gasteiger partial charge in [0.2, 0.25) is 0 Å². The molecule has 27 heavy (non-hydrogen) atoms. The maximum Gasteiger partial charge on any atom is 0.416 e. The Kier molecular flexibility index (Phi) is 6.53. The van der Waals surface area contributed by atoms with E-state index >= 15 is 0 Å². The molecule has 0 bridgehead atoms. The van der Waals surface area contributed by atoms with Crippen LogP contribution in [-0.4, -0.2) is 18.4 Å². The molecule has 0 heterocycles. The van der Waals surface area contributed by atoms with Crippen molar-refractivity contribution in [1.29, 1.82) is 0 Å². The molecule has 0 atom stereocenters. The van der Waals surface area contributed by atoms with Crippen LogP contribution in [-0.2, 0) is 15.8 Å². The summed E-state index contributed by atoms with van der Waals surface area (Å²) in [5.74, 6) is -1.85. The summed E-state index contributed by atoms with van der Waals surface area (Å²) in [5, 5.41) is 0. The van der Waals surface area contributed by atoms with Crippen molar-refractivity contribution >= 4 is 17.9 Å². The molecule has 142 valence electrons. The Hall–Kier alpha value is -3.36. The van der Waals surface area contributed by atoms with Crippen LogP contribution in [0.15, 0.2) is 54.6 Å². The highest BCUT2D eigenvalue weighted by Crippen LogP contribution is 2.29. The Morgan fingerprint density at radius 2 is 1.78 bits per heavy atom. The number of benzene rings is 2. The molecule has 2 aromatic carbocycles. The second-order valence-corrected chi connectivity index (χ2v) is 5.24. The Labute approximate surface area is 151 Å². The number of carbonyl (C=O) groups is 2. The van der Waals surface area contributed by atoms with Gasteiger partial charge < -0.3 is 4.74 Å². The van der Waals surface area contributed by atoms with Gasteiger partial charge in [-0.25, -0.2) is 4.39 Å². The number of rotatable bonds is 5. The molecule has 9 heteroatoms. The number of alkyl halides is 3. The molecule has 0 spiro atoms. The zero-order chi connectivity index (χ0) is 19.9. The predicted octanol–water partition coefficient (Wildman–Crippen LogP) is 3.08. The fourth-order valence-electron chi connectivity index (χ4n) is 1.91. The van der Waals surface area contributed by atoms with E-state index in [0.29, 0.717) is 0 Å². The molecule has 5 nitrogen and oxygen atoms in total. The van der Waals surface area contributed by atoms with E-state index in [-0.39, 0.29) is 11.3 Å². The van der Waals surface area contributed by atoms with Crippen molar-refractivity contribution in [1.82, 2.24) is 10.9 Å². The van der Waals surface area contributed by atoms with Crippen molar-refractivity contribution in [2.45, 2.75) is 6.18 Å². The summed E-state index contributed by atoms with van der Waals surface area (Å²) in [6.45, 7) is -0.471. The van der Waals surface area contributed by atoms with Crippen molar-refractivity contribution in [3.8, 4) is 5.75 Å². The standard InChI is InChI=1S/C18H14F4N2O3/c19-14-5-2-6-15(10-14)27-11-17(26)24-23-16(25)8-7-12-3-1-4-13(9-12)18(20,21)22/h1-10H,11H2,(H,23,25)(H,24,26). The third-order valence-corrected chi connectivity index (χ3v) is 3.13. The molecular weight excluding hydrogens is 368 g/mol. The van der Waals surface area contributed by atoms with Gasteiger partial charge in [0, 0.05) is 12.1 Å². The van der Waals surface area contributed by atoms with E-state index in [9.17, 15) is 27.2 Å². The minimum absolute atomic E-state index is 0.140. The minimum Gasteiger partial charge on any atom is -0.484 e. The van der Waals surface area contributed by atoms with Crippen LogP contribution in [0.4, 0.5) is 17.6 Å². The van der Waals surface area contributed by atoms with Gasteiger partial charge in [-0.2, -0.15) is 13.2 Å². The number of halogens is 4. The van der Waals surface area contributed by atoms with Gasteiger partial charge in [-0.1, -0.05) is 18.2 Å². The van der Waals surface area contributed by atoms with Gasteiger partial charge in [0.15, 0.2) is 6.61 Å². The summed E-state index contributed by atoms with van der Waals surface area (Å²) in [5.41, 5.74) is 3.42. The molecule has 0 unspecified atom stereocenters. The summed E-state index contributed by atoms with van der Waals surface area (Å²) in [7, 11) is 0. The zero-order valence-corrected chi connectivity index (χ0v) is 13.7. The fraction of sp³-hybridized carbons (Fsp3) is 0.111. The normalized spacial score (nSPS) is 11.3. The van der Waals surface area contributed by atoms with E-state index in [2.05, 4.69) is 5.43 Å². The Morgan fingerprint density at radius 3 is 2.48 bits per heavy atom. The van der Waals surface area contributed by atoms with E-state index in [1.807, 2.05) is 5.43 Å². The molecule has 0 fully saturated rings. The molecule has 0 aliphatic rings. The van der Waals surface area contributed by atoms with Gasteiger partial charge >= 0.3 is 6.18 Å².